The largest absolute Gasteiger partial charge is 0.480 e. The number of ether oxygens (including phenoxy) is 1. The van der Waals surface area contributed by atoms with Crippen molar-refractivity contribution < 1.29 is 73.4 Å². The first-order valence-corrected chi connectivity index (χ1v) is 29.8. The van der Waals surface area contributed by atoms with Crippen LogP contribution in [0, 0.1) is 0 Å². The topological polar surface area (TPSA) is 488 Å². The second kappa shape index (κ2) is 52.5. The summed E-state index contributed by atoms with van der Waals surface area (Å²) in [6.07, 6.45) is 2.21. The summed E-state index contributed by atoms with van der Waals surface area (Å²) in [7, 11) is 2.78. The minimum absolute atomic E-state index is 0.0256. The van der Waals surface area contributed by atoms with Gasteiger partial charge in [0.15, 0.2) is 0 Å². The molecule has 0 aromatic rings. The third kappa shape index (κ3) is 45.9. The Bertz CT molecular complexity index is 2290. The molecule has 36 nitrogen and oxygen atoms in total. The fourth-order valence-electron chi connectivity index (χ4n) is 9.47. The van der Waals surface area contributed by atoms with Crippen molar-refractivity contribution in [2.24, 2.45) is 20.5 Å². The van der Waals surface area contributed by atoms with Crippen molar-refractivity contribution in [2.75, 3.05) is 184 Å². The molecule has 0 saturated carbocycles. The summed E-state index contributed by atoms with van der Waals surface area (Å²) in [5.41, 5.74) is 31.0. The maximum absolute atomic E-state index is 12.3. The number of Topliss-reactive ketones (excluding diaryl/α,β-unsaturated/α-hetero) is 3. The van der Waals surface area contributed by atoms with Gasteiger partial charge in [-0.15, -0.1) is 0 Å². The van der Waals surface area contributed by atoms with E-state index in [9.17, 15) is 48.3 Å². The number of ketones is 3. The third-order valence-electron chi connectivity index (χ3n) is 13.5. The summed E-state index contributed by atoms with van der Waals surface area (Å²) in [5, 5.41) is 58.6. The average Bonchev–Trinajstić information content (AvgIpc) is 3.96. The minimum atomic E-state index is -0.987. The molecule has 512 valence electrons. The second-order valence-corrected chi connectivity index (χ2v) is 21.6. The van der Waals surface area contributed by atoms with Crippen molar-refractivity contribution >= 4 is 53.2 Å². The molecule has 3 atom stereocenters. The third-order valence-corrected chi connectivity index (χ3v) is 13.5. The summed E-state index contributed by atoms with van der Waals surface area (Å²) >= 11 is 0. The average molecular weight is 1280 g/mol. The lowest BCUT2D eigenvalue weighted by Gasteiger charge is -2.31. The standard InChI is InChI=1S/C19H34N6O5.C16H29N3O5.C15H26N6O5.C2H6.2CH3N3/c1-15(26)13-23-7-8-24(14-17(27)30-19(2,3)4)10-12-25(11-9-23)16(18(28)29)5-6-21-22-20;1-3-4-14(13(2)20)19-9-7-17(11-15(21)22)5-6-18(8-10-19)12-16(23)24;1-12(22)13(2-3-17-18-16)21-8-6-19(10-14(23)24)4-5-20(7-9-21)11-15(25)26;1-2;2*1-3-4-2/h16H,5-14H2,1-4H3,(H,28,29);14H,3-12H2,1-2H3,(H,21,22)(H,23,24);13H,2-11H2,1H3,(H,23,24)(H,25,26);1-2H3;2*1H3. The van der Waals surface area contributed by atoms with E-state index in [1.54, 1.807) is 47.3 Å². The van der Waals surface area contributed by atoms with E-state index in [1.807, 2.05) is 40.4 Å². The van der Waals surface area contributed by atoms with Crippen LogP contribution < -0.4 is 0 Å². The molecule has 3 aliphatic rings. The number of carboxylic acid groups (broad SMARTS) is 5. The highest BCUT2D eigenvalue weighted by Gasteiger charge is 2.31. The monoisotopic (exact) mass is 1280 g/mol. The van der Waals surface area contributed by atoms with Gasteiger partial charge in [0.05, 0.1) is 51.4 Å². The van der Waals surface area contributed by atoms with Crippen molar-refractivity contribution in [3.8, 4) is 0 Å². The van der Waals surface area contributed by atoms with Crippen LogP contribution in [0.25, 0.3) is 41.8 Å². The fourth-order valence-corrected chi connectivity index (χ4v) is 9.47. The number of esters is 1. The first-order chi connectivity index (χ1) is 42.5. The van der Waals surface area contributed by atoms with Crippen molar-refractivity contribution in [3.63, 3.8) is 0 Å². The molecule has 36 heteroatoms. The Morgan fingerprint density at radius 1 is 0.433 bits per heavy atom. The van der Waals surface area contributed by atoms with E-state index in [-0.39, 0.29) is 88.1 Å². The van der Waals surface area contributed by atoms with Crippen LogP contribution in [0.2, 0.25) is 0 Å². The number of nitrogens with zero attached hydrogens (tertiary/aromatic N) is 21. The number of azide groups is 4. The molecule has 0 aromatic heterocycles. The Balaban J connectivity index is -0.00000118. The van der Waals surface area contributed by atoms with Gasteiger partial charge in [0.25, 0.3) is 0 Å². The zero-order valence-electron chi connectivity index (χ0n) is 54.7. The number of carbonyl (C=O) groups excluding carboxylic acids is 4. The van der Waals surface area contributed by atoms with Gasteiger partial charge in [0.2, 0.25) is 0 Å². The van der Waals surface area contributed by atoms with Crippen LogP contribution >= 0.6 is 0 Å². The van der Waals surface area contributed by atoms with Gasteiger partial charge in [-0.25, -0.2) is 0 Å². The number of carbonyl (C=O) groups is 9. The first kappa shape index (κ1) is 86.9. The van der Waals surface area contributed by atoms with Crippen molar-refractivity contribution in [2.45, 2.75) is 112 Å². The van der Waals surface area contributed by atoms with E-state index in [2.05, 4.69) is 45.0 Å². The number of aliphatic carboxylic acids is 5. The van der Waals surface area contributed by atoms with Crippen LogP contribution in [0.4, 0.5) is 0 Å². The number of hydrogen-bond acceptors (Lipinski definition) is 23. The first-order valence-electron chi connectivity index (χ1n) is 29.8. The lowest BCUT2D eigenvalue weighted by molar-refractivity contribution is -0.156. The van der Waals surface area contributed by atoms with E-state index in [0.29, 0.717) is 124 Å². The molecule has 0 aromatic carbocycles. The molecule has 5 N–H and O–H groups in total. The minimum Gasteiger partial charge on any atom is -0.480 e. The van der Waals surface area contributed by atoms with Crippen LogP contribution in [0.3, 0.4) is 0 Å². The van der Waals surface area contributed by atoms with Crippen molar-refractivity contribution in [3.05, 3.63) is 41.8 Å². The maximum Gasteiger partial charge on any atom is 0.320 e. The summed E-state index contributed by atoms with van der Waals surface area (Å²) in [6.45, 7) is 25.4. The van der Waals surface area contributed by atoms with Crippen LogP contribution in [-0.4, -0.2) is 331 Å². The molecule has 0 aliphatic carbocycles. The van der Waals surface area contributed by atoms with E-state index in [4.69, 9.17) is 47.3 Å². The Morgan fingerprint density at radius 3 is 0.922 bits per heavy atom. The molecule has 3 aliphatic heterocycles. The van der Waals surface area contributed by atoms with E-state index in [1.165, 1.54) is 27.9 Å². The Hall–Kier alpha value is -7.29. The molecular formula is C54H101N21O15. The van der Waals surface area contributed by atoms with E-state index in [0.717, 1.165) is 12.8 Å². The zero-order chi connectivity index (χ0) is 69.2. The molecule has 90 heavy (non-hydrogen) atoms. The van der Waals surface area contributed by atoms with Gasteiger partial charge in [-0.05, 0) is 82.9 Å². The zero-order valence-corrected chi connectivity index (χ0v) is 54.7. The quantitative estimate of drug-likeness (QED) is 0.0358. The van der Waals surface area contributed by atoms with Gasteiger partial charge in [0, 0.05) is 165 Å². The molecule has 3 unspecified atom stereocenters. The highest BCUT2D eigenvalue weighted by atomic mass is 16.6. The normalized spacial score (nSPS) is 17.3. The predicted molar refractivity (Wildman–Crippen MR) is 334 cm³/mol. The van der Waals surface area contributed by atoms with Crippen LogP contribution in [0.1, 0.15) is 88.0 Å². The Labute approximate surface area is 527 Å². The van der Waals surface area contributed by atoms with Gasteiger partial charge < -0.3 is 30.3 Å². The molecule has 3 saturated heterocycles. The Kier molecular flexibility index (Phi) is 50.7. The van der Waals surface area contributed by atoms with E-state index >= 15 is 0 Å². The summed E-state index contributed by atoms with van der Waals surface area (Å²) in [6, 6.07) is -1.44. The van der Waals surface area contributed by atoms with Gasteiger partial charge in [-0.3, -0.25) is 87.3 Å². The lowest BCUT2D eigenvalue weighted by Crippen LogP contribution is -2.47. The van der Waals surface area contributed by atoms with Gasteiger partial charge in [-0.1, -0.05) is 47.6 Å². The molecule has 0 amide bonds. The summed E-state index contributed by atoms with van der Waals surface area (Å²) in [4.78, 5) is 131. The van der Waals surface area contributed by atoms with Crippen molar-refractivity contribution in [1.82, 2.24) is 44.1 Å². The molecule has 3 rings (SSSR count). The molecule has 0 radical (unpaired) electrons. The molecule has 3 fully saturated rings. The lowest BCUT2D eigenvalue weighted by atomic mass is 10.1. The smallest absolute Gasteiger partial charge is 0.320 e. The fraction of sp³-hybridized carbons (Fsp3) is 0.833. The van der Waals surface area contributed by atoms with Crippen LogP contribution in [0.5, 0.6) is 0 Å². The second-order valence-electron chi connectivity index (χ2n) is 21.6. The molecule has 0 spiro atoms. The van der Waals surface area contributed by atoms with Gasteiger partial charge in [-0.2, -0.15) is 0 Å². The van der Waals surface area contributed by atoms with Crippen molar-refractivity contribution in [1.29, 1.82) is 0 Å². The Morgan fingerprint density at radius 2 is 0.689 bits per heavy atom. The summed E-state index contributed by atoms with van der Waals surface area (Å²) in [5.74, 6) is -4.97. The van der Waals surface area contributed by atoms with Crippen LogP contribution in [0.15, 0.2) is 20.5 Å². The number of rotatable bonds is 26. The maximum atomic E-state index is 12.3. The van der Waals surface area contributed by atoms with Gasteiger partial charge >= 0.3 is 35.8 Å². The highest BCUT2D eigenvalue weighted by Crippen LogP contribution is 2.14. The van der Waals surface area contributed by atoms with Crippen LogP contribution in [-0.2, 0) is 47.9 Å². The summed E-state index contributed by atoms with van der Waals surface area (Å²) < 4.78 is 5.41. The molecule has 3 heterocycles. The number of hydrogen-bond donors (Lipinski definition) is 5. The predicted octanol–water partition coefficient (Wildman–Crippen LogP) is 3.44. The molecule has 0 bridgehead atoms. The SMILES string of the molecule is CC.CC(=O)C(CCN=[N+]=[N-])N1CCN(CC(=O)O)CCN(CC(=O)O)CC1.CC(=O)CN1CCN(CC(=O)OC(C)(C)C)CCN(C(CCN=[N+]=[N-])C(=O)O)CC1.CCCC(C(C)=O)N1CCN(CC(=O)O)CCN(CC(=O)O)CC1.CN=[N+]=[N-].CN=[N+]=[N-]. The number of carboxylic acids is 5. The van der Waals surface area contributed by atoms with Gasteiger partial charge in [0.1, 0.15) is 29.0 Å². The molecular weight excluding hydrogens is 1180 g/mol. The highest BCUT2D eigenvalue weighted by molar-refractivity contribution is 5.82. The van der Waals surface area contributed by atoms with E-state index < -0.39 is 47.5 Å².